The first-order valence-electron chi connectivity index (χ1n) is 8.36. The van der Waals surface area contributed by atoms with Gasteiger partial charge in [0, 0.05) is 48.4 Å². The molecule has 0 bridgehead atoms. The van der Waals surface area contributed by atoms with Gasteiger partial charge in [-0.25, -0.2) is 0 Å². The monoisotopic (exact) mass is 306 g/mol. The number of aryl methyl sites for hydroxylation is 2. The van der Waals surface area contributed by atoms with Gasteiger partial charge in [-0.1, -0.05) is 19.9 Å². The summed E-state index contributed by atoms with van der Waals surface area (Å²) in [6.45, 7) is 7.36. The molecule has 0 saturated carbocycles. The van der Waals surface area contributed by atoms with E-state index in [0.717, 1.165) is 35.1 Å². The Morgan fingerprint density at radius 1 is 1.22 bits per heavy atom. The van der Waals surface area contributed by atoms with E-state index in [0.29, 0.717) is 5.92 Å². The maximum Gasteiger partial charge on any atom is 0.193 e. The molecule has 0 atom stereocenters. The fourth-order valence-electron chi connectivity index (χ4n) is 3.85. The summed E-state index contributed by atoms with van der Waals surface area (Å²) < 4.78 is 4.45. The quantitative estimate of drug-likeness (QED) is 0.549. The lowest BCUT2D eigenvalue weighted by atomic mass is 9.99. The molecule has 3 nitrogen and oxygen atoms in total. The Morgan fingerprint density at radius 2 is 2.00 bits per heavy atom. The first-order chi connectivity index (χ1) is 11.0. The molecule has 0 saturated heterocycles. The van der Waals surface area contributed by atoms with E-state index >= 15 is 0 Å². The molecule has 1 aliphatic rings. The molecule has 0 N–H and O–H groups in total. The Hall–Kier alpha value is -2.29. The lowest BCUT2D eigenvalue weighted by Crippen LogP contribution is -2.16. The predicted octanol–water partition coefficient (Wildman–Crippen LogP) is 4.05. The van der Waals surface area contributed by atoms with Crippen LogP contribution >= 0.6 is 0 Å². The first kappa shape index (κ1) is 14.3. The highest BCUT2D eigenvalue weighted by Gasteiger charge is 2.27. The third-order valence-electron chi connectivity index (χ3n) is 5.17. The van der Waals surface area contributed by atoms with E-state index in [1.54, 1.807) is 0 Å². The van der Waals surface area contributed by atoms with Crippen LogP contribution in [0.1, 0.15) is 43.5 Å². The van der Waals surface area contributed by atoms with Crippen molar-refractivity contribution in [1.82, 2.24) is 9.13 Å². The van der Waals surface area contributed by atoms with E-state index in [2.05, 4.69) is 67.4 Å². The molecule has 0 unspecified atom stereocenters. The van der Waals surface area contributed by atoms with Crippen molar-refractivity contribution in [2.24, 2.45) is 7.05 Å². The third-order valence-corrected chi connectivity index (χ3v) is 5.17. The maximum atomic E-state index is 13.1. The molecule has 1 aliphatic carbocycles. The van der Waals surface area contributed by atoms with Gasteiger partial charge in [0.1, 0.15) is 0 Å². The molecule has 4 rings (SSSR count). The van der Waals surface area contributed by atoms with E-state index < -0.39 is 0 Å². The van der Waals surface area contributed by atoms with Gasteiger partial charge in [-0.05, 0) is 36.6 Å². The molecule has 23 heavy (non-hydrogen) atoms. The molecule has 0 fully saturated rings. The summed E-state index contributed by atoms with van der Waals surface area (Å²) >= 11 is 0. The van der Waals surface area contributed by atoms with Crippen molar-refractivity contribution in [3.8, 4) is 11.3 Å². The molecule has 0 radical (unpaired) electrons. The van der Waals surface area contributed by atoms with Crippen LogP contribution in [0.2, 0.25) is 0 Å². The molecule has 0 spiro atoms. The fraction of sp³-hybridized carbons (Fsp3) is 0.350. The Morgan fingerprint density at radius 3 is 2.70 bits per heavy atom. The zero-order chi connectivity index (χ0) is 16.3. The number of benzene rings is 1. The minimum Gasteiger partial charge on any atom is -0.354 e. The van der Waals surface area contributed by atoms with Crippen molar-refractivity contribution in [1.29, 1.82) is 0 Å². The van der Waals surface area contributed by atoms with Gasteiger partial charge in [-0.15, -0.1) is 0 Å². The lowest BCUT2D eigenvalue weighted by molar-refractivity contribution is 0.792. The van der Waals surface area contributed by atoms with Crippen molar-refractivity contribution in [3.63, 3.8) is 0 Å². The van der Waals surface area contributed by atoms with Gasteiger partial charge in [-0.2, -0.15) is 0 Å². The van der Waals surface area contributed by atoms with Crippen LogP contribution in [0.25, 0.3) is 22.2 Å². The summed E-state index contributed by atoms with van der Waals surface area (Å²) in [6.07, 6.45) is 2.83. The van der Waals surface area contributed by atoms with Gasteiger partial charge in [0.15, 0.2) is 5.43 Å². The van der Waals surface area contributed by atoms with E-state index in [4.69, 9.17) is 0 Å². The largest absolute Gasteiger partial charge is 0.354 e. The molecular formula is C20H22N2O. The van der Waals surface area contributed by atoms with Crippen molar-refractivity contribution in [3.05, 3.63) is 57.5 Å². The molecule has 0 aliphatic heterocycles. The number of hydrogen-bond acceptors (Lipinski definition) is 1. The smallest absolute Gasteiger partial charge is 0.193 e. The van der Waals surface area contributed by atoms with Crippen LogP contribution in [-0.2, 0) is 20.0 Å². The van der Waals surface area contributed by atoms with Gasteiger partial charge < -0.3 is 9.13 Å². The van der Waals surface area contributed by atoms with Gasteiger partial charge >= 0.3 is 0 Å². The van der Waals surface area contributed by atoms with Crippen LogP contribution < -0.4 is 5.43 Å². The van der Waals surface area contributed by atoms with Crippen LogP contribution in [0.3, 0.4) is 0 Å². The highest BCUT2D eigenvalue weighted by molar-refractivity contribution is 5.87. The molecule has 3 aromatic rings. The van der Waals surface area contributed by atoms with Crippen molar-refractivity contribution >= 4 is 10.9 Å². The Labute approximate surface area is 136 Å². The highest BCUT2D eigenvalue weighted by Crippen LogP contribution is 2.37. The first-order valence-corrected chi connectivity index (χ1v) is 8.36. The van der Waals surface area contributed by atoms with Crippen LogP contribution in [-0.4, -0.2) is 9.13 Å². The van der Waals surface area contributed by atoms with Crippen LogP contribution in [0.5, 0.6) is 0 Å². The van der Waals surface area contributed by atoms with Gasteiger partial charge in [0.05, 0.1) is 11.2 Å². The van der Waals surface area contributed by atoms with Gasteiger partial charge in [-0.3, -0.25) is 4.79 Å². The number of hydrogen-bond donors (Lipinski definition) is 0. The molecule has 2 aromatic heterocycles. The van der Waals surface area contributed by atoms with Gasteiger partial charge in [0.2, 0.25) is 0 Å². The van der Waals surface area contributed by atoms with Crippen LogP contribution in [0, 0.1) is 0 Å². The van der Waals surface area contributed by atoms with E-state index in [9.17, 15) is 4.79 Å². The van der Waals surface area contributed by atoms with Crippen molar-refractivity contribution in [2.75, 3.05) is 0 Å². The van der Waals surface area contributed by atoms with E-state index in [1.165, 1.54) is 16.8 Å². The summed E-state index contributed by atoms with van der Waals surface area (Å²) in [5.41, 5.74) is 7.04. The molecule has 0 amide bonds. The van der Waals surface area contributed by atoms with E-state index in [1.807, 2.05) is 0 Å². The number of rotatable bonds is 2. The lowest BCUT2D eigenvalue weighted by Gasteiger charge is -2.16. The molecule has 3 heteroatoms. The molecular weight excluding hydrogens is 284 g/mol. The SMILES string of the molecule is CCn1c2c(c(=O)c3cc(C(C)C)ccc31)Cc1c-2ccn1C. The van der Waals surface area contributed by atoms with Crippen LogP contribution in [0.4, 0.5) is 0 Å². The zero-order valence-corrected chi connectivity index (χ0v) is 14.2. The number of nitrogens with zero attached hydrogens (tertiary/aromatic N) is 2. The zero-order valence-electron chi connectivity index (χ0n) is 14.2. The average molecular weight is 306 g/mol. The molecule has 1 aromatic carbocycles. The topological polar surface area (TPSA) is 26.9 Å². The second kappa shape index (κ2) is 4.85. The number of fused-ring (bicyclic) bond motifs is 4. The number of pyridine rings is 1. The van der Waals surface area contributed by atoms with Crippen molar-refractivity contribution in [2.45, 2.75) is 39.7 Å². The number of aromatic nitrogens is 2. The fourth-order valence-corrected chi connectivity index (χ4v) is 3.85. The van der Waals surface area contributed by atoms with E-state index in [-0.39, 0.29) is 5.43 Å². The predicted molar refractivity (Wildman–Crippen MR) is 95.2 cm³/mol. The standard InChI is InChI=1S/C20H22N2O/c1-5-22-17-7-6-13(12(2)3)10-15(17)20(23)16-11-18-14(19(16)22)8-9-21(18)4/h6-10,12H,5,11H2,1-4H3. The maximum absolute atomic E-state index is 13.1. The second-order valence-corrected chi connectivity index (χ2v) is 6.80. The summed E-state index contributed by atoms with van der Waals surface area (Å²) in [5.74, 6) is 0.430. The summed E-state index contributed by atoms with van der Waals surface area (Å²) in [7, 11) is 2.06. The minimum atomic E-state index is 0.207. The van der Waals surface area contributed by atoms with Crippen LogP contribution in [0.15, 0.2) is 35.3 Å². The Balaban J connectivity index is 2.12. The average Bonchev–Trinajstić information content (AvgIpc) is 3.08. The second-order valence-electron chi connectivity index (χ2n) is 6.80. The normalized spacial score (nSPS) is 12.9. The summed E-state index contributed by atoms with van der Waals surface area (Å²) in [4.78, 5) is 13.1. The molecule has 2 heterocycles. The Bertz CT molecular complexity index is 989. The highest BCUT2D eigenvalue weighted by atomic mass is 16.1. The Kier molecular flexibility index (Phi) is 3.02. The molecule has 118 valence electrons. The summed E-state index contributed by atoms with van der Waals surface area (Å²) in [6, 6.07) is 8.52. The van der Waals surface area contributed by atoms with Gasteiger partial charge in [0.25, 0.3) is 0 Å². The van der Waals surface area contributed by atoms with Crippen molar-refractivity contribution < 1.29 is 0 Å². The third kappa shape index (κ3) is 1.86. The summed E-state index contributed by atoms with van der Waals surface area (Å²) in [5, 5.41) is 0.865. The minimum absolute atomic E-state index is 0.207.